The van der Waals surface area contributed by atoms with Crippen LogP contribution in [-0.2, 0) is 9.53 Å². The molecule has 0 spiro atoms. The molecule has 0 amide bonds. The summed E-state index contributed by atoms with van der Waals surface area (Å²) in [6.45, 7) is 4.96. The SMILES string of the molecule is CCCCCCCCC#CCCCCCCCCOC(=O)CCCC. The highest BCUT2D eigenvalue weighted by Crippen LogP contribution is 2.08. The van der Waals surface area contributed by atoms with E-state index in [-0.39, 0.29) is 5.97 Å². The number of hydrogen-bond donors (Lipinski definition) is 0. The van der Waals surface area contributed by atoms with Gasteiger partial charge in [0.15, 0.2) is 0 Å². The van der Waals surface area contributed by atoms with Gasteiger partial charge in [0, 0.05) is 19.3 Å². The van der Waals surface area contributed by atoms with Crippen LogP contribution in [0.25, 0.3) is 0 Å². The van der Waals surface area contributed by atoms with E-state index in [0.29, 0.717) is 13.0 Å². The third kappa shape index (κ3) is 21.0. The maximum Gasteiger partial charge on any atom is 0.305 e. The molecule has 146 valence electrons. The molecule has 2 heteroatoms. The smallest absolute Gasteiger partial charge is 0.305 e. The zero-order valence-electron chi connectivity index (χ0n) is 17.0. The van der Waals surface area contributed by atoms with Crippen LogP contribution in [0, 0.1) is 11.8 Å². The van der Waals surface area contributed by atoms with Gasteiger partial charge < -0.3 is 4.74 Å². The van der Waals surface area contributed by atoms with Crippen molar-refractivity contribution in [1.82, 2.24) is 0 Å². The summed E-state index contributed by atoms with van der Waals surface area (Å²) in [5, 5.41) is 0. The Balaban J connectivity index is 3.16. The molecular formula is C23H42O2. The topological polar surface area (TPSA) is 26.3 Å². The van der Waals surface area contributed by atoms with E-state index in [1.807, 2.05) is 0 Å². The van der Waals surface area contributed by atoms with Crippen molar-refractivity contribution < 1.29 is 9.53 Å². The number of carbonyl (C=O) groups excluding carboxylic acids is 1. The Morgan fingerprint density at radius 1 is 0.640 bits per heavy atom. The zero-order valence-corrected chi connectivity index (χ0v) is 17.0. The Kier molecular flexibility index (Phi) is 20.3. The molecule has 0 aromatic rings. The van der Waals surface area contributed by atoms with E-state index in [0.717, 1.165) is 32.1 Å². The number of hydrogen-bond acceptors (Lipinski definition) is 2. The lowest BCUT2D eigenvalue weighted by molar-refractivity contribution is -0.143. The average molecular weight is 351 g/mol. The summed E-state index contributed by atoms with van der Waals surface area (Å²) in [5.41, 5.74) is 0. The highest BCUT2D eigenvalue weighted by atomic mass is 16.5. The van der Waals surface area contributed by atoms with Crippen LogP contribution in [0.15, 0.2) is 0 Å². The van der Waals surface area contributed by atoms with Crippen LogP contribution in [0.1, 0.15) is 123 Å². The Bertz CT molecular complexity index is 338. The molecule has 0 atom stereocenters. The van der Waals surface area contributed by atoms with Crippen molar-refractivity contribution in [1.29, 1.82) is 0 Å². The van der Waals surface area contributed by atoms with Gasteiger partial charge in [-0.15, -0.1) is 11.8 Å². The first kappa shape index (κ1) is 24.0. The predicted molar refractivity (Wildman–Crippen MR) is 109 cm³/mol. The zero-order chi connectivity index (χ0) is 18.4. The van der Waals surface area contributed by atoms with E-state index < -0.39 is 0 Å². The van der Waals surface area contributed by atoms with Crippen LogP contribution in [0.3, 0.4) is 0 Å². The van der Waals surface area contributed by atoms with E-state index in [1.165, 1.54) is 70.6 Å². The Morgan fingerprint density at radius 3 is 1.68 bits per heavy atom. The van der Waals surface area contributed by atoms with Crippen LogP contribution in [0.2, 0.25) is 0 Å². The molecule has 0 aromatic carbocycles. The molecule has 0 N–H and O–H groups in total. The minimum atomic E-state index is -0.0265. The molecule has 0 fully saturated rings. The van der Waals surface area contributed by atoms with Crippen molar-refractivity contribution in [3.63, 3.8) is 0 Å². The average Bonchev–Trinajstić information content (AvgIpc) is 2.62. The van der Waals surface area contributed by atoms with Gasteiger partial charge in [0.2, 0.25) is 0 Å². The second kappa shape index (κ2) is 21.1. The predicted octanol–water partition coefficient (Wildman–Crippen LogP) is 7.20. The largest absolute Gasteiger partial charge is 0.466 e. The Morgan fingerprint density at radius 2 is 1.12 bits per heavy atom. The van der Waals surface area contributed by atoms with Crippen LogP contribution in [0.4, 0.5) is 0 Å². The van der Waals surface area contributed by atoms with Crippen LogP contribution in [0.5, 0.6) is 0 Å². The van der Waals surface area contributed by atoms with Gasteiger partial charge in [-0.1, -0.05) is 78.1 Å². The minimum Gasteiger partial charge on any atom is -0.466 e. The molecule has 0 heterocycles. The Hall–Kier alpha value is -0.970. The second-order valence-corrected chi connectivity index (χ2v) is 7.07. The summed E-state index contributed by atoms with van der Waals surface area (Å²) in [6.07, 6.45) is 20.1. The van der Waals surface area contributed by atoms with Crippen molar-refractivity contribution >= 4 is 5.97 Å². The van der Waals surface area contributed by atoms with Gasteiger partial charge in [0.25, 0.3) is 0 Å². The first-order valence-electron chi connectivity index (χ1n) is 10.9. The molecular weight excluding hydrogens is 308 g/mol. The summed E-state index contributed by atoms with van der Waals surface area (Å²) < 4.78 is 5.21. The normalized spacial score (nSPS) is 10.3. The monoisotopic (exact) mass is 350 g/mol. The molecule has 0 radical (unpaired) electrons. The van der Waals surface area contributed by atoms with E-state index in [4.69, 9.17) is 4.74 Å². The molecule has 0 aliphatic heterocycles. The lowest BCUT2D eigenvalue weighted by Gasteiger charge is -2.04. The van der Waals surface area contributed by atoms with Crippen molar-refractivity contribution in [2.45, 2.75) is 123 Å². The van der Waals surface area contributed by atoms with E-state index >= 15 is 0 Å². The van der Waals surface area contributed by atoms with E-state index in [9.17, 15) is 4.79 Å². The number of esters is 1. The fourth-order valence-electron chi connectivity index (χ4n) is 2.77. The highest BCUT2D eigenvalue weighted by molar-refractivity contribution is 5.69. The third-order valence-corrected chi connectivity index (χ3v) is 4.47. The summed E-state index contributed by atoms with van der Waals surface area (Å²) in [5.74, 6) is 6.62. The van der Waals surface area contributed by atoms with Gasteiger partial charge in [-0.3, -0.25) is 4.79 Å². The Labute approximate surface area is 157 Å². The third-order valence-electron chi connectivity index (χ3n) is 4.47. The summed E-state index contributed by atoms with van der Waals surface area (Å²) in [4.78, 5) is 11.3. The van der Waals surface area contributed by atoms with Gasteiger partial charge in [-0.05, 0) is 25.7 Å². The molecule has 0 saturated carbocycles. The van der Waals surface area contributed by atoms with Crippen LogP contribution >= 0.6 is 0 Å². The number of unbranched alkanes of at least 4 members (excludes halogenated alkanes) is 13. The number of ether oxygens (including phenoxy) is 1. The van der Waals surface area contributed by atoms with Gasteiger partial charge in [0.1, 0.15) is 0 Å². The van der Waals surface area contributed by atoms with Crippen molar-refractivity contribution in [2.75, 3.05) is 6.61 Å². The molecule has 0 bridgehead atoms. The first-order chi connectivity index (χ1) is 12.3. The quantitative estimate of drug-likeness (QED) is 0.157. The van der Waals surface area contributed by atoms with Gasteiger partial charge in [-0.2, -0.15) is 0 Å². The molecule has 0 unspecified atom stereocenters. The van der Waals surface area contributed by atoms with Gasteiger partial charge >= 0.3 is 5.97 Å². The van der Waals surface area contributed by atoms with Crippen molar-refractivity contribution in [2.24, 2.45) is 0 Å². The molecule has 0 aromatic heterocycles. The second-order valence-electron chi connectivity index (χ2n) is 7.07. The summed E-state index contributed by atoms with van der Waals surface area (Å²) in [6, 6.07) is 0. The molecule has 0 aliphatic rings. The van der Waals surface area contributed by atoms with Gasteiger partial charge in [0.05, 0.1) is 6.61 Å². The lowest BCUT2D eigenvalue weighted by atomic mass is 10.1. The number of rotatable bonds is 17. The molecule has 0 saturated heterocycles. The highest BCUT2D eigenvalue weighted by Gasteiger charge is 2.00. The van der Waals surface area contributed by atoms with Crippen molar-refractivity contribution in [3.8, 4) is 11.8 Å². The minimum absolute atomic E-state index is 0.0265. The summed E-state index contributed by atoms with van der Waals surface area (Å²) in [7, 11) is 0. The molecule has 25 heavy (non-hydrogen) atoms. The fraction of sp³-hybridized carbons (Fsp3) is 0.870. The van der Waals surface area contributed by atoms with E-state index in [1.54, 1.807) is 0 Å². The first-order valence-corrected chi connectivity index (χ1v) is 10.9. The van der Waals surface area contributed by atoms with Gasteiger partial charge in [-0.25, -0.2) is 0 Å². The molecule has 0 rings (SSSR count). The summed E-state index contributed by atoms with van der Waals surface area (Å²) >= 11 is 0. The van der Waals surface area contributed by atoms with Crippen LogP contribution in [-0.4, -0.2) is 12.6 Å². The fourth-order valence-corrected chi connectivity index (χ4v) is 2.77. The lowest BCUT2D eigenvalue weighted by Crippen LogP contribution is -2.05. The van der Waals surface area contributed by atoms with Crippen molar-refractivity contribution in [3.05, 3.63) is 0 Å². The van der Waals surface area contributed by atoms with E-state index in [2.05, 4.69) is 25.7 Å². The maximum absolute atomic E-state index is 11.3. The number of carbonyl (C=O) groups is 1. The molecule has 0 aliphatic carbocycles. The molecule has 2 nitrogen and oxygen atoms in total. The van der Waals surface area contributed by atoms with Crippen LogP contribution < -0.4 is 0 Å². The standard InChI is InChI=1S/C23H42O2/c1-3-5-7-8-9-10-11-12-13-14-15-16-17-18-19-20-22-25-23(24)21-6-4-2/h3-11,14-22H2,1-2H3. The maximum atomic E-state index is 11.3.